The van der Waals surface area contributed by atoms with E-state index >= 15 is 0 Å². The summed E-state index contributed by atoms with van der Waals surface area (Å²) in [6.07, 6.45) is 0.331. The van der Waals surface area contributed by atoms with Crippen molar-refractivity contribution in [2.24, 2.45) is 0 Å². The summed E-state index contributed by atoms with van der Waals surface area (Å²) in [6.45, 7) is 1.64. The van der Waals surface area contributed by atoms with Crippen molar-refractivity contribution >= 4 is 41.1 Å². The van der Waals surface area contributed by atoms with Crippen molar-refractivity contribution < 1.29 is 21.8 Å². The molecule has 0 aliphatic rings. The Bertz CT molecular complexity index is 729. The Morgan fingerprint density at radius 3 is 2.35 bits per heavy atom. The Balaban J connectivity index is 3.32. The molecule has 8 nitrogen and oxygen atoms in total. The molecule has 0 spiro atoms. The van der Waals surface area contributed by atoms with E-state index in [1.807, 2.05) is 4.72 Å². The zero-order chi connectivity index (χ0) is 15.6. The Morgan fingerprint density at radius 2 is 1.90 bits per heavy atom. The molecule has 0 saturated heterocycles. The number of sulfonamides is 1. The molecule has 0 amide bonds. The van der Waals surface area contributed by atoms with Gasteiger partial charge in [-0.3, -0.25) is 14.8 Å². The standard InChI is InChI=1S/C9H11ClN2O6S2/c1-2-5-19(15,16)11-8-4-3-7(20(10,17)18)6-9(8)12(13)14/h3-4,6,11H,2,5H2,1H3. The predicted molar refractivity (Wildman–Crippen MR) is 73.8 cm³/mol. The number of nitrogens with one attached hydrogen (secondary N) is 1. The first kappa shape index (κ1) is 16.7. The van der Waals surface area contributed by atoms with Gasteiger partial charge in [-0.1, -0.05) is 6.92 Å². The van der Waals surface area contributed by atoms with Crippen molar-refractivity contribution in [1.82, 2.24) is 0 Å². The van der Waals surface area contributed by atoms with Crippen molar-refractivity contribution in [1.29, 1.82) is 0 Å². The van der Waals surface area contributed by atoms with Crippen LogP contribution >= 0.6 is 10.7 Å². The van der Waals surface area contributed by atoms with Gasteiger partial charge in [0.15, 0.2) is 0 Å². The molecule has 0 aliphatic carbocycles. The molecule has 1 aromatic carbocycles. The van der Waals surface area contributed by atoms with Crippen LogP contribution in [0.5, 0.6) is 0 Å². The van der Waals surface area contributed by atoms with Crippen molar-refractivity contribution in [3.63, 3.8) is 0 Å². The van der Waals surface area contributed by atoms with Crippen LogP contribution in [-0.2, 0) is 19.1 Å². The second-order valence-corrected chi connectivity index (χ2v) is 8.20. The lowest BCUT2D eigenvalue weighted by Gasteiger charge is -2.08. The van der Waals surface area contributed by atoms with Gasteiger partial charge in [-0.15, -0.1) is 0 Å². The summed E-state index contributed by atoms with van der Waals surface area (Å²) in [5.41, 5.74) is -1.00. The Morgan fingerprint density at radius 1 is 1.30 bits per heavy atom. The molecule has 20 heavy (non-hydrogen) atoms. The highest BCUT2D eigenvalue weighted by Gasteiger charge is 2.22. The second kappa shape index (κ2) is 5.94. The van der Waals surface area contributed by atoms with Crippen molar-refractivity contribution in [3.8, 4) is 0 Å². The maximum absolute atomic E-state index is 11.6. The van der Waals surface area contributed by atoms with Crippen LogP contribution in [0.2, 0.25) is 0 Å². The lowest BCUT2D eigenvalue weighted by atomic mass is 10.3. The number of anilines is 1. The molecular weight excluding hydrogens is 332 g/mol. The summed E-state index contributed by atoms with van der Waals surface area (Å²) in [4.78, 5) is 9.50. The van der Waals surface area contributed by atoms with E-state index in [9.17, 15) is 26.9 Å². The molecule has 0 atom stereocenters. The summed E-state index contributed by atoms with van der Waals surface area (Å²) in [5.74, 6) is -0.209. The van der Waals surface area contributed by atoms with Crippen LogP contribution in [0.15, 0.2) is 23.1 Å². The first-order valence-electron chi connectivity index (χ1n) is 5.30. The van der Waals surface area contributed by atoms with Gasteiger partial charge in [0.1, 0.15) is 5.69 Å². The molecule has 0 bridgehead atoms. The highest BCUT2D eigenvalue weighted by Crippen LogP contribution is 2.29. The molecule has 0 fully saturated rings. The predicted octanol–water partition coefficient (Wildman–Crippen LogP) is 1.67. The molecule has 11 heteroatoms. The number of hydrogen-bond acceptors (Lipinski definition) is 6. The van der Waals surface area contributed by atoms with Gasteiger partial charge >= 0.3 is 0 Å². The van der Waals surface area contributed by atoms with Gasteiger partial charge in [-0.25, -0.2) is 16.8 Å². The summed E-state index contributed by atoms with van der Waals surface area (Å²) in [5, 5.41) is 10.9. The highest BCUT2D eigenvalue weighted by atomic mass is 35.7. The van der Waals surface area contributed by atoms with Crippen LogP contribution in [0, 0.1) is 10.1 Å². The minimum atomic E-state index is -4.14. The molecule has 0 heterocycles. The van der Waals surface area contributed by atoms with Gasteiger partial charge in [-0.05, 0) is 18.6 Å². The van der Waals surface area contributed by atoms with Crippen LogP contribution in [0.4, 0.5) is 11.4 Å². The first-order chi connectivity index (χ1) is 9.07. The van der Waals surface area contributed by atoms with Gasteiger partial charge in [0.25, 0.3) is 14.7 Å². The normalized spacial score (nSPS) is 12.1. The maximum atomic E-state index is 11.6. The van der Waals surface area contributed by atoms with Gasteiger partial charge in [-0.2, -0.15) is 0 Å². The van der Waals surface area contributed by atoms with Crippen molar-refractivity contribution in [3.05, 3.63) is 28.3 Å². The van der Waals surface area contributed by atoms with Gasteiger partial charge < -0.3 is 0 Å². The van der Waals surface area contributed by atoms with Gasteiger partial charge in [0, 0.05) is 16.7 Å². The second-order valence-electron chi connectivity index (χ2n) is 3.79. The molecule has 0 aromatic heterocycles. The molecular formula is C9H11ClN2O6S2. The van der Waals surface area contributed by atoms with Crippen molar-refractivity contribution in [2.45, 2.75) is 18.2 Å². The van der Waals surface area contributed by atoms with E-state index in [4.69, 9.17) is 10.7 Å². The highest BCUT2D eigenvalue weighted by molar-refractivity contribution is 8.13. The summed E-state index contributed by atoms with van der Waals surface area (Å²) < 4.78 is 47.4. The summed E-state index contributed by atoms with van der Waals surface area (Å²) >= 11 is 0. The lowest BCUT2D eigenvalue weighted by molar-refractivity contribution is -0.384. The fraction of sp³-hybridized carbons (Fsp3) is 0.333. The van der Waals surface area contributed by atoms with E-state index in [1.165, 1.54) is 0 Å². The van der Waals surface area contributed by atoms with E-state index in [0.29, 0.717) is 12.5 Å². The van der Waals surface area contributed by atoms with Crippen LogP contribution < -0.4 is 4.72 Å². The summed E-state index contributed by atoms with van der Waals surface area (Å²) in [7, 11) is -2.78. The SMILES string of the molecule is CCCS(=O)(=O)Nc1ccc(S(=O)(=O)Cl)cc1[N+](=O)[O-]. The number of hydrogen-bond donors (Lipinski definition) is 1. The number of nitrogens with zero attached hydrogens (tertiary/aromatic N) is 1. The van der Waals surface area contributed by atoms with E-state index in [0.717, 1.165) is 12.1 Å². The monoisotopic (exact) mass is 342 g/mol. The molecule has 1 N–H and O–H groups in total. The molecule has 0 saturated carbocycles. The molecule has 0 unspecified atom stereocenters. The Kier molecular flexibility index (Phi) is 4.95. The first-order valence-corrected chi connectivity index (χ1v) is 9.26. The number of halogens is 1. The summed E-state index contributed by atoms with van der Waals surface area (Å²) in [6, 6.07) is 2.67. The fourth-order valence-electron chi connectivity index (χ4n) is 1.39. The average Bonchev–Trinajstić information content (AvgIpc) is 2.26. The van der Waals surface area contributed by atoms with Gasteiger partial charge in [0.2, 0.25) is 10.0 Å². The smallest absolute Gasteiger partial charge is 0.277 e. The third kappa shape index (κ3) is 4.32. The molecule has 0 radical (unpaired) electrons. The van der Waals surface area contributed by atoms with Crippen LogP contribution in [0.1, 0.15) is 13.3 Å². The quantitative estimate of drug-likeness (QED) is 0.476. The zero-order valence-corrected chi connectivity index (χ0v) is 12.6. The van der Waals surface area contributed by atoms with E-state index in [1.54, 1.807) is 6.92 Å². The van der Waals surface area contributed by atoms with Crippen LogP contribution in [0.25, 0.3) is 0 Å². The van der Waals surface area contributed by atoms with E-state index in [2.05, 4.69) is 0 Å². The number of rotatable bonds is 6. The van der Waals surface area contributed by atoms with Crippen LogP contribution in [-0.4, -0.2) is 27.5 Å². The minimum absolute atomic E-state index is 0.209. The van der Waals surface area contributed by atoms with Crippen LogP contribution in [0.3, 0.4) is 0 Å². The minimum Gasteiger partial charge on any atom is -0.277 e. The van der Waals surface area contributed by atoms with E-state index in [-0.39, 0.29) is 11.4 Å². The Hall–Kier alpha value is -1.39. The fourth-order valence-corrected chi connectivity index (χ4v) is 3.31. The lowest BCUT2D eigenvalue weighted by Crippen LogP contribution is -2.17. The molecule has 1 rings (SSSR count). The van der Waals surface area contributed by atoms with Crippen molar-refractivity contribution in [2.75, 3.05) is 10.5 Å². The number of benzene rings is 1. The van der Waals surface area contributed by atoms with E-state index < -0.39 is 34.6 Å². The third-order valence-electron chi connectivity index (χ3n) is 2.19. The van der Waals surface area contributed by atoms with Gasteiger partial charge in [0.05, 0.1) is 15.6 Å². The topological polar surface area (TPSA) is 123 Å². The average molecular weight is 343 g/mol. The zero-order valence-electron chi connectivity index (χ0n) is 10.2. The number of nitro benzene ring substituents is 1. The largest absolute Gasteiger partial charge is 0.294 e. The maximum Gasteiger partial charge on any atom is 0.294 e. The molecule has 0 aliphatic heterocycles. The number of nitro groups is 1. The molecule has 1 aromatic rings. The Labute approximate surface area is 120 Å². The third-order valence-corrected chi connectivity index (χ3v) is 5.01. The molecule has 112 valence electrons.